The molecule has 0 bridgehead atoms. The second-order valence-corrected chi connectivity index (χ2v) is 12.7. The molecule has 0 atom stereocenters. The lowest BCUT2D eigenvalue weighted by Gasteiger charge is -2.14. The number of carbonyl (C=O) groups excluding carboxylic acids is 2. The summed E-state index contributed by atoms with van der Waals surface area (Å²) in [7, 11) is 4.33. The number of imide groups is 1. The number of nitrogens with zero attached hydrogens (tertiary/aromatic N) is 5. The highest BCUT2D eigenvalue weighted by Crippen LogP contribution is 2.37. The molecule has 240 valence electrons. The van der Waals surface area contributed by atoms with Gasteiger partial charge in [-0.1, -0.05) is 65.1 Å². The number of aromatic nitrogens is 4. The second kappa shape index (κ2) is 13.0. The SMILES string of the molecule is COc1cc(C=C2SC(=O)N(Cc3ccccc3Cl)C2=O)ccc1Oc1nc2c(c(=O)n(C)c(=O)n2C)n1Cc1ccc(Cl)cc1Cl. The quantitative estimate of drug-likeness (QED) is 0.168. The molecule has 0 unspecified atom stereocenters. The van der Waals surface area contributed by atoms with Gasteiger partial charge in [-0.25, -0.2) is 4.79 Å². The summed E-state index contributed by atoms with van der Waals surface area (Å²) in [6.07, 6.45) is 1.58. The molecule has 3 heterocycles. The summed E-state index contributed by atoms with van der Waals surface area (Å²) in [5.41, 5.74) is 0.961. The number of carbonyl (C=O) groups is 2. The van der Waals surface area contributed by atoms with Crippen molar-refractivity contribution in [3.63, 3.8) is 0 Å². The van der Waals surface area contributed by atoms with E-state index >= 15 is 0 Å². The Morgan fingerprint density at radius 1 is 0.851 bits per heavy atom. The highest BCUT2D eigenvalue weighted by molar-refractivity contribution is 8.18. The number of rotatable bonds is 8. The zero-order chi connectivity index (χ0) is 33.6. The molecule has 0 N–H and O–H groups in total. The van der Waals surface area contributed by atoms with Crippen LogP contribution in [0.25, 0.3) is 17.2 Å². The number of imidazole rings is 1. The minimum absolute atomic E-state index is 0.00365. The molecule has 0 saturated carbocycles. The van der Waals surface area contributed by atoms with Gasteiger partial charge >= 0.3 is 11.7 Å². The number of fused-ring (bicyclic) bond motifs is 1. The van der Waals surface area contributed by atoms with Gasteiger partial charge in [0.05, 0.1) is 25.1 Å². The summed E-state index contributed by atoms with van der Waals surface area (Å²) in [5.74, 6) is 0.0667. The molecule has 11 nitrogen and oxygen atoms in total. The topological polar surface area (TPSA) is 118 Å². The lowest BCUT2D eigenvalue weighted by molar-refractivity contribution is -0.123. The Bertz CT molecular complexity index is 2260. The fourth-order valence-electron chi connectivity index (χ4n) is 5.01. The summed E-state index contributed by atoms with van der Waals surface area (Å²) in [6.45, 7) is 0.120. The van der Waals surface area contributed by atoms with Crippen molar-refractivity contribution in [3.8, 4) is 17.5 Å². The van der Waals surface area contributed by atoms with Crippen LogP contribution in [0.2, 0.25) is 15.1 Å². The molecule has 5 aromatic rings. The highest BCUT2D eigenvalue weighted by Gasteiger charge is 2.35. The zero-order valence-corrected chi connectivity index (χ0v) is 28.1. The number of amides is 2. The third kappa shape index (κ3) is 6.17. The Balaban J connectivity index is 1.35. The number of halogens is 3. The Morgan fingerprint density at radius 2 is 1.60 bits per heavy atom. The predicted molar refractivity (Wildman–Crippen MR) is 182 cm³/mol. The smallest absolute Gasteiger partial charge is 0.332 e. The maximum atomic E-state index is 13.3. The number of methoxy groups -OCH3 is 1. The van der Waals surface area contributed by atoms with Crippen LogP contribution in [0.3, 0.4) is 0 Å². The van der Waals surface area contributed by atoms with Crippen molar-refractivity contribution < 1.29 is 19.1 Å². The van der Waals surface area contributed by atoms with Crippen LogP contribution in [0, 0.1) is 0 Å². The summed E-state index contributed by atoms with van der Waals surface area (Å²) >= 11 is 19.6. The molecule has 1 aliphatic rings. The van der Waals surface area contributed by atoms with E-state index in [0.29, 0.717) is 31.8 Å². The van der Waals surface area contributed by atoms with Crippen LogP contribution in [0.1, 0.15) is 16.7 Å². The van der Waals surface area contributed by atoms with Gasteiger partial charge in [0.15, 0.2) is 22.7 Å². The number of benzene rings is 3. The maximum absolute atomic E-state index is 13.3. The lowest BCUT2D eigenvalue weighted by Crippen LogP contribution is -2.37. The van der Waals surface area contributed by atoms with E-state index in [1.54, 1.807) is 66.7 Å². The van der Waals surface area contributed by atoms with Gasteiger partial charge in [0, 0.05) is 29.2 Å². The van der Waals surface area contributed by atoms with Crippen LogP contribution in [-0.2, 0) is 32.0 Å². The molecule has 15 heteroatoms. The number of aryl methyl sites for hydroxylation is 1. The van der Waals surface area contributed by atoms with Crippen molar-refractivity contribution >= 4 is 75.0 Å². The standard InChI is InChI=1S/C32H24Cl3N5O6S/c1-37-27-26(29(42)38(2)31(37)43)39(15-19-9-10-20(33)14-22(19)35)30(36-27)46-23-11-8-17(12-24(23)45-3)13-25-28(41)40(32(44)47-25)16-18-6-4-5-7-21(18)34/h4-14H,15-16H2,1-3H3. The molecule has 0 aliphatic carbocycles. The van der Waals surface area contributed by atoms with Crippen LogP contribution in [0.15, 0.2) is 75.2 Å². The fourth-order valence-corrected chi connectivity index (χ4v) is 6.51. The Morgan fingerprint density at radius 3 is 2.32 bits per heavy atom. The molecule has 0 radical (unpaired) electrons. The average molecular weight is 713 g/mol. The van der Waals surface area contributed by atoms with E-state index in [0.717, 1.165) is 21.2 Å². The van der Waals surface area contributed by atoms with Gasteiger partial charge in [0.2, 0.25) is 0 Å². The van der Waals surface area contributed by atoms with Gasteiger partial charge in [-0.05, 0) is 64.9 Å². The Labute approximate surface area is 286 Å². The third-order valence-electron chi connectivity index (χ3n) is 7.50. The first-order chi connectivity index (χ1) is 22.5. The molecule has 1 saturated heterocycles. The van der Waals surface area contributed by atoms with E-state index in [4.69, 9.17) is 44.3 Å². The highest BCUT2D eigenvalue weighted by atomic mass is 35.5. The van der Waals surface area contributed by atoms with Crippen molar-refractivity contribution in [2.75, 3.05) is 7.11 Å². The van der Waals surface area contributed by atoms with Gasteiger partial charge in [-0.2, -0.15) is 4.98 Å². The normalized spacial score (nSPS) is 14.1. The van der Waals surface area contributed by atoms with Crippen LogP contribution in [0.5, 0.6) is 17.5 Å². The largest absolute Gasteiger partial charge is 0.493 e. The molecular weight excluding hydrogens is 689 g/mol. The molecule has 2 aromatic heterocycles. The van der Waals surface area contributed by atoms with E-state index in [1.807, 2.05) is 0 Å². The molecular formula is C32H24Cl3N5O6S. The first-order valence-electron chi connectivity index (χ1n) is 13.9. The number of ether oxygens (including phenoxy) is 2. The van der Waals surface area contributed by atoms with Crippen molar-refractivity contribution in [2.45, 2.75) is 13.1 Å². The zero-order valence-electron chi connectivity index (χ0n) is 25.0. The van der Waals surface area contributed by atoms with Gasteiger partial charge in [0.1, 0.15) is 0 Å². The van der Waals surface area contributed by atoms with Crippen LogP contribution < -0.4 is 20.7 Å². The Kier molecular flexibility index (Phi) is 8.95. The fraction of sp³-hybridized carbons (Fsp3) is 0.156. The summed E-state index contributed by atoms with van der Waals surface area (Å²) < 4.78 is 15.6. The van der Waals surface area contributed by atoms with E-state index in [1.165, 1.54) is 30.3 Å². The van der Waals surface area contributed by atoms with Crippen molar-refractivity contribution in [2.24, 2.45) is 14.1 Å². The molecule has 3 aromatic carbocycles. The van der Waals surface area contributed by atoms with Gasteiger partial charge < -0.3 is 9.47 Å². The summed E-state index contributed by atoms with van der Waals surface area (Å²) in [5, 5.41) is 0.862. The number of hydrogen-bond donors (Lipinski definition) is 0. The van der Waals surface area contributed by atoms with Crippen LogP contribution in [0.4, 0.5) is 4.79 Å². The first-order valence-corrected chi connectivity index (χ1v) is 15.9. The van der Waals surface area contributed by atoms with Crippen molar-refractivity contribution in [1.82, 2.24) is 23.6 Å². The predicted octanol–water partition coefficient (Wildman–Crippen LogP) is 6.48. The van der Waals surface area contributed by atoms with Crippen molar-refractivity contribution in [3.05, 3.63) is 118 Å². The molecule has 2 amide bonds. The number of thioether (sulfide) groups is 1. The summed E-state index contributed by atoms with van der Waals surface area (Å²) in [4.78, 5) is 57.8. The second-order valence-electron chi connectivity index (χ2n) is 10.5. The minimum Gasteiger partial charge on any atom is -0.493 e. The van der Waals surface area contributed by atoms with Crippen LogP contribution in [-0.4, -0.2) is 41.8 Å². The first kappa shape index (κ1) is 32.5. The van der Waals surface area contributed by atoms with Gasteiger partial charge in [0.25, 0.3) is 16.7 Å². The van der Waals surface area contributed by atoms with E-state index < -0.39 is 22.4 Å². The van der Waals surface area contributed by atoms with E-state index in [2.05, 4.69) is 4.98 Å². The monoisotopic (exact) mass is 711 g/mol. The van der Waals surface area contributed by atoms with Gasteiger partial charge in [-0.15, -0.1) is 0 Å². The van der Waals surface area contributed by atoms with E-state index in [-0.39, 0.29) is 46.7 Å². The molecule has 1 fully saturated rings. The Hall–Kier alpha value is -4.49. The molecule has 47 heavy (non-hydrogen) atoms. The third-order valence-corrected chi connectivity index (χ3v) is 9.37. The van der Waals surface area contributed by atoms with E-state index in [9.17, 15) is 19.2 Å². The lowest BCUT2D eigenvalue weighted by atomic mass is 10.1. The van der Waals surface area contributed by atoms with Crippen LogP contribution >= 0.6 is 46.6 Å². The molecule has 6 rings (SSSR count). The maximum Gasteiger partial charge on any atom is 0.332 e. The minimum atomic E-state index is -0.568. The number of hydrogen-bond acceptors (Lipinski definition) is 8. The molecule has 1 aliphatic heterocycles. The van der Waals surface area contributed by atoms with Crippen molar-refractivity contribution in [1.29, 1.82) is 0 Å². The summed E-state index contributed by atoms with van der Waals surface area (Å²) in [6, 6.07) is 16.9. The van der Waals surface area contributed by atoms with Gasteiger partial charge in [-0.3, -0.25) is 33.0 Å². The molecule has 0 spiro atoms. The average Bonchev–Trinajstić information content (AvgIpc) is 3.53.